The molecule has 1 aromatic rings. The van der Waals surface area contributed by atoms with Crippen LogP contribution in [0.25, 0.3) is 0 Å². The molecule has 1 amide bonds. The third-order valence-electron chi connectivity index (χ3n) is 5.14. The van der Waals surface area contributed by atoms with Gasteiger partial charge in [0.25, 0.3) is 0 Å². The summed E-state index contributed by atoms with van der Waals surface area (Å²) < 4.78 is 11.4. The van der Waals surface area contributed by atoms with Crippen LogP contribution in [0.15, 0.2) is 30.3 Å². The number of ketones is 1. The van der Waals surface area contributed by atoms with Crippen LogP contribution in [-0.2, 0) is 20.9 Å². The zero-order chi connectivity index (χ0) is 17.5. The smallest absolute Gasteiger partial charge is 0.410 e. The number of piperidine rings is 1. The lowest BCUT2D eigenvalue weighted by Crippen LogP contribution is -2.40. The van der Waals surface area contributed by atoms with Crippen LogP contribution in [-0.4, -0.2) is 42.6 Å². The molecule has 1 saturated heterocycles. The molecule has 1 aliphatic carbocycles. The minimum Gasteiger partial charge on any atom is -0.445 e. The Balaban J connectivity index is 1.32. The topological polar surface area (TPSA) is 55.8 Å². The molecule has 0 bridgehead atoms. The first-order chi connectivity index (χ1) is 12.2. The van der Waals surface area contributed by atoms with Gasteiger partial charge in [-0.1, -0.05) is 30.3 Å². The van der Waals surface area contributed by atoms with Crippen LogP contribution in [0.1, 0.15) is 44.1 Å². The minimum atomic E-state index is -0.228. The highest BCUT2D eigenvalue weighted by molar-refractivity contribution is 5.79. The van der Waals surface area contributed by atoms with E-state index >= 15 is 0 Å². The van der Waals surface area contributed by atoms with Crippen molar-refractivity contribution in [2.75, 3.05) is 19.7 Å². The summed E-state index contributed by atoms with van der Waals surface area (Å²) in [5.74, 6) is 0.859. The largest absolute Gasteiger partial charge is 0.445 e. The molecular formula is C20H27NO4. The fraction of sp³-hybridized carbons (Fsp3) is 0.600. The normalized spacial score (nSPS) is 19.8. The van der Waals surface area contributed by atoms with Gasteiger partial charge in [-0.15, -0.1) is 0 Å². The number of ether oxygens (including phenoxy) is 2. The number of hydrogen-bond acceptors (Lipinski definition) is 4. The van der Waals surface area contributed by atoms with Crippen LogP contribution in [0.2, 0.25) is 0 Å². The molecule has 5 nitrogen and oxygen atoms in total. The molecule has 0 radical (unpaired) electrons. The van der Waals surface area contributed by atoms with Gasteiger partial charge in [0, 0.05) is 32.5 Å². The van der Waals surface area contributed by atoms with E-state index in [1.165, 1.54) is 0 Å². The van der Waals surface area contributed by atoms with Crippen molar-refractivity contribution >= 4 is 11.9 Å². The molecule has 2 aliphatic rings. The zero-order valence-corrected chi connectivity index (χ0v) is 14.7. The maximum atomic E-state index is 12.2. The number of nitrogens with zero attached hydrogens (tertiary/aromatic N) is 1. The summed E-state index contributed by atoms with van der Waals surface area (Å²) in [7, 11) is 0. The van der Waals surface area contributed by atoms with Crippen LogP contribution >= 0.6 is 0 Å². The van der Waals surface area contributed by atoms with Gasteiger partial charge in [0.1, 0.15) is 12.4 Å². The molecule has 0 spiro atoms. The fourth-order valence-electron chi connectivity index (χ4n) is 3.44. The number of Topliss-reactive ketones (excluding diaryl/α,β-unsaturated/α-hetero) is 1. The third kappa shape index (κ3) is 5.56. The minimum absolute atomic E-state index is 0.228. The average molecular weight is 345 g/mol. The average Bonchev–Trinajstić information content (AvgIpc) is 2.67. The number of rotatable bonds is 5. The molecule has 0 unspecified atom stereocenters. The highest BCUT2D eigenvalue weighted by atomic mass is 16.6. The van der Waals surface area contributed by atoms with Gasteiger partial charge < -0.3 is 14.4 Å². The van der Waals surface area contributed by atoms with Crippen LogP contribution < -0.4 is 0 Å². The van der Waals surface area contributed by atoms with Crippen molar-refractivity contribution in [3.05, 3.63) is 35.9 Å². The van der Waals surface area contributed by atoms with Crippen LogP contribution in [0, 0.1) is 5.92 Å². The van der Waals surface area contributed by atoms with Gasteiger partial charge in [-0.25, -0.2) is 4.79 Å². The summed E-state index contributed by atoms with van der Waals surface area (Å²) in [6, 6.07) is 9.74. The lowest BCUT2D eigenvalue weighted by atomic mass is 9.95. The van der Waals surface area contributed by atoms with Crippen LogP contribution in [0.3, 0.4) is 0 Å². The lowest BCUT2D eigenvalue weighted by molar-refractivity contribution is -0.123. The SMILES string of the molecule is O=C1CCC(OCC2CCN(C(=O)OCc3ccccc3)CC2)CC1. The Morgan fingerprint density at radius 3 is 2.40 bits per heavy atom. The van der Waals surface area contributed by atoms with Crippen LogP contribution in [0.5, 0.6) is 0 Å². The highest BCUT2D eigenvalue weighted by Crippen LogP contribution is 2.22. The molecule has 1 aliphatic heterocycles. The Labute approximate surface area is 149 Å². The lowest BCUT2D eigenvalue weighted by Gasteiger charge is -2.32. The van der Waals surface area contributed by atoms with E-state index in [4.69, 9.17) is 9.47 Å². The Kier molecular flexibility index (Phi) is 6.45. The quantitative estimate of drug-likeness (QED) is 0.819. The number of amides is 1. The van der Waals surface area contributed by atoms with Gasteiger partial charge >= 0.3 is 6.09 Å². The summed E-state index contributed by atoms with van der Waals surface area (Å²) in [6.45, 7) is 2.52. The summed E-state index contributed by atoms with van der Waals surface area (Å²) in [5.41, 5.74) is 1.00. The predicted octanol–water partition coefficient (Wildman–Crippen LogP) is 3.56. The van der Waals surface area contributed by atoms with E-state index in [0.29, 0.717) is 31.1 Å². The number of benzene rings is 1. The second-order valence-electron chi connectivity index (χ2n) is 7.04. The molecule has 0 atom stereocenters. The Hall–Kier alpha value is -1.88. The molecule has 1 aromatic carbocycles. The summed E-state index contributed by atoms with van der Waals surface area (Å²) >= 11 is 0. The van der Waals surface area contributed by atoms with Crippen molar-refractivity contribution in [3.8, 4) is 0 Å². The van der Waals surface area contributed by atoms with Crippen LogP contribution in [0.4, 0.5) is 4.79 Å². The monoisotopic (exact) mass is 345 g/mol. The van der Waals surface area contributed by atoms with E-state index in [1.807, 2.05) is 30.3 Å². The van der Waals surface area contributed by atoms with Crippen molar-refractivity contribution in [3.63, 3.8) is 0 Å². The molecule has 2 fully saturated rings. The van der Waals surface area contributed by atoms with Gasteiger partial charge in [-0.2, -0.15) is 0 Å². The first-order valence-electron chi connectivity index (χ1n) is 9.29. The predicted molar refractivity (Wildman–Crippen MR) is 94.1 cm³/mol. The maximum absolute atomic E-state index is 12.2. The van der Waals surface area contributed by atoms with E-state index in [-0.39, 0.29) is 12.2 Å². The van der Waals surface area contributed by atoms with Crippen molar-refractivity contribution < 1.29 is 19.1 Å². The molecule has 25 heavy (non-hydrogen) atoms. The van der Waals surface area contributed by atoms with Gasteiger partial charge in [-0.3, -0.25) is 4.79 Å². The Bertz CT molecular complexity index is 556. The molecule has 1 heterocycles. The second kappa shape index (κ2) is 8.99. The summed E-state index contributed by atoms with van der Waals surface area (Å²) in [5, 5.41) is 0. The van der Waals surface area contributed by atoms with Crippen molar-refractivity contribution in [1.82, 2.24) is 4.90 Å². The number of likely N-dealkylation sites (tertiary alicyclic amines) is 1. The molecule has 136 valence electrons. The first-order valence-corrected chi connectivity index (χ1v) is 9.29. The van der Waals surface area contributed by atoms with Gasteiger partial charge in [0.05, 0.1) is 6.10 Å². The summed E-state index contributed by atoms with van der Waals surface area (Å²) in [4.78, 5) is 25.2. The number of carbonyl (C=O) groups excluding carboxylic acids is 2. The number of carbonyl (C=O) groups is 2. The number of hydrogen-bond donors (Lipinski definition) is 0. The standard InChI is InChI=1S/C20H27NO4/c22-18-6-8-19(9-7-18)24-14-17-10-12-21(13-11-17)20(23)25-15-16-4-2-1-3-5-16/h1-5,17,19H,6-15H2. The summed E-state index contributed by atoms with van der Waals surface area (Å²) in [6.07, 6.45) is 4.97. The van der Waals surface area contributed by atoms with Crippen molar-refractivity contribution in [2.45, 2.75) is 51.2 Å². The molecule has 1 saturated carbocycles. The zero-order valence-electron chi connectivity index (χ0n) is 14.7. The van der Waals surface area contributed by atoms with E-state index in [2.05, 4.69) is 0 Å². The molecule has 0 aromatic heterocycles. The Morgan fingerprint density at radius 2 is 1.72 bits per heavy atom. The second-order valence-corrected chi connectivity index (χ2v) is 7.04. The molecule has 3 rings (SSSR count). The van der Waals surface area contributed by atoms with Gasteiger partial charge in [0.2, 0.25) is 0 Å². The van der Waals surface area contributed by atoms with Gasteiger partial charge in [-0.05, 0) is 37.2 Å². The van der Waals surface area contributed by atoms with E-state index in [0.717, 1.165) is 50.9 Å². The first kappa shape index (κ1) is 17.9. The molecular weight excluding hydrogens is 318 g/mol. The highest BCUT2D eigenvalue weighted by Gasteiger charge is 2.25. The molecule has 0 N–H and O–H groups in total. The van der Waals surface area contributed by atoms with Crippen molar-refractivity contribution in [1.29, 1.82) is 0 Å². The fourth-order valence-corrected chi connectivity index (χ4v) is 3.44. The van der Waals surface area contributed by atoms with E-state index in [9.17, 15) is 9.59 Å². The van der Waals surface area contributed by atoms with Gasteiger partial charge in [0.15, 0.2) is 0 Å². The Morgan fingerprint density at radius 1 is 1.04 bits per heavy atom. The van der Waals surface area contributed by atoms with E-state index < -0.39 is 0 Å². The van der Waals surface area contributed by atoms with E-state index in [1.54, 1.807) is 4.90 Å². The van der Waals surface area contributed by atoms with Crippen molar-refractivity contribution in [2.24, 2.45) is 5.92 Å². The molecule has 5 heteroatoms. The maximum Gasteiger partial charge on any atom is 0.410 e. The third-order valence-corrected chi connectivity index (χ3v) is 5.14.